The molecule has 19 heavy (non-hydrogen) atoms. The van der Waals surface area contributed by atoms with E-state index < -0.39 is 5.60 Å². The number of ether oxygens (including phenoxy) is 2. The summed E-state index contributed by atoms with van der Waals surface area (Å²) >= 11 is 0. The van der Waals surface area contributed by atoms with Gasteiger partial charge in [-0.05, 0) is 46.5 Å². The first kappa shape index (κ1) is 14.6. The fourth-order valence-electron chi connectivity index (χ4n) is 3.10. The van der Waals surface area contributed by atoms with Crippen molar-refractivity contribution in [3.05, 3.63) is 0 Å². The van der Waals surface area contributed by atoms with Gasteiger partial charge in [0.2, 0.25) is 0 Å². The smallest absolute Gasteiger partial charge is 0.410 e. The third kappa shape index (κ3) is 3.60. The van der Waals surface area contributed by atoms with Crippen LogP contribution in [0.4, 0.5) is 4.79 Å². The largest absolute Gasteiger partial charge is 0.444 e. The summed E-state index contributed by atoms with van der Waals surface area (Å²) in [6.45, 7) is 6.12. The molecule has 0 aliphatic carbocycles. The van der Waals surface area contributed by atoms with Crippen LogP contribution < -0.4 is 0 Å². The van der Waals surface area contributed by atoms with Crippen LogP contribution in [0.15, 0.2) is 0 Å². The highest BCUT2D eigenvalue weighted by molar-refractivity contribution is 5.69. The lowest BCUT2D eigenvalue weighted by Crippen LogP contribution is -2.50. The molecule has 1 unspecified atom stereocenters. The molecular weight excluding hydrogens is 246 g/mol. The highest BCUT2D eigenvalue weighted by atomic mass is 16.6. The minimum atomic E-state index is -0.444. The predicted octanol–water partition coefficient (Wildman–Crippen LogP) is 1.93. The van der Waals surface area contributed by atoms with Crippen LogP contribution in [0.2, 0.25) is 0 Å². The van der Waals surface area contributed by atoms with Gasteiger partial charge in [0.25, 0.3) is 0 Å². The number of rotatable bonds is 3. The Morgan fingerprint density at radius 1 is 1.26 bits per heavy atom. The van der Waals surface area contributed by atoms with Gasteiger partial charge in [0, 0.05) is 12.1 Å². The van der Waals surface area contributed by atoms with Crippen molar-refractivity contribution in [1.29, 1.82) is 0 Å². The van der Waals surface area contributed by atoms with Crippen LogP contribution in [0.3, 0.4) is 0 Å². The van der Waals surface area contributed by atoms with E-state index >= 15 is 0 Å². The summed E-state index contributed by atoms with van der Waals surface area (Å²) in [5.41, 5.74) is -0.444. The Bertz CT molecular complexity index is 312. The number of aliphatic hydroxyl groups is 1. The van der Waals surface area contributed by atoms with Gasteiger partial charge < -0.3 is 19.5 Å². The minimum absolute atomic E-state index is 0.0572. The summed E-state index contributed by atoms with van der Waals surface area (Å²) in [6, 6.07) is 0.467. The van der Waals surface area contributed by atoms with E-state index in [0.29, 0.717) is 6.61 Å². The van der Waals surface area contributed by atoms with Crippen molar-refractivity contribution in [2.24, 2.45) is 0 Å². The van der Waals surface area contributed by atoms with E-state index in [4.69, 9.17) is 14.6 Å². The van der Waals surface area contributed by atoms with Crippen molar-refractivity contribution >= 4 is 6.09 Å². The zero-order chi connectivity index (χ0) is 14.0. The summed E-state index contributed by atoms with van der Waals surface area (Å²) in [6.07, 6.45) is 3.75. The summed E-state index contributed by atoms with van der Waals surface area (Å²) in [5.74, 6) is 0. The normalized spacial score (nSPS) is 30.5. The standard InChI is InChI=1S/C14H25NO4/c1-14(2,3)19-13(17)15-10-4-5-11(15)9-12(8-10)18-7-6-16/h10-12,16H,4-9H2,1-3H3/t10-,11?,12+/m0/s1. The molecule has 0 aromatic heterocycles. The molecule has 2 heterocycles. The lowest BCUT2D eigenvalue weighted by atomic mass is 10.0. The van der Waals surface area contributed by atoms with Gasteiger partial charge in [-0.1, -0.05) is 0 Å². The van der Waals surface area contributed by atoms with Gasteiger partial charge in [-0.25, -0.2) is 4.79 Å². The molecule has 2 aliphatic rings. The highest BCUT2D eigenvalue weighted by Crippen LogP contribution is 2.37. The molecule has 0 spiro atoms. The van der Waals surface area contributed by atoms with Crippen LogP contribution in [0.25, 0.3) is 0 Å². The first-order valence-corrected chi connectivity index (χ1v) is 7.14. The van der Waals surface area contributed by atoms with Crippen LogP contribution >= 0.6 is 0 Å². The number of piperidine rings is 1. The van der Waals surface area contributed by atoms with Gasteiger partial charge in [0.05, 0.1) is 19.3 Å². The number of hydrogen-bond donors (Lipinski definition) is 1. The quantitative estimate of drug-likeness (QED) is 0.852. The number of hydrogen-bond acceptors (Lipinski definition) is 4. The van der Waals surface area contributed by atoms with Gasteiger partial charge in [-0.15, -0.1) is 0 Å². The average Bonchev–Trinajstić information content (AvgIpc) is 2.56. The van der Waals surface area contributed by atoms with Crippen molar-refractivity contribution in [2.75, 3.05) is 13.2 Å². The number of carbonyl (C=O) groups excluding carboxylic acids is 1. The first-order chi connectivity index (χ1) is 8.90. The Kier molecular flexibility index (Phi) is 4.36. The summed E-state index contributed by atoms with van der Waals surface area (Å²) < 4.78 is 11.1. The molecule has 3 atom stereocenters. The van der Waals surface area contributed by atoms with E-state index in [0.717, 1.165) is 25.7 Å². The van der Waals surface area contributed by atoms with Crippen LogP contribution in [-0.2, 0) is 9.47 Å². The van der Waals surface area contributed by atoms with E-state index in [1.54, 1.807) is 0 Å². The third-order valence-electron chi connectivity index (χ3n) is 3.74. The number of amides is 1. The topological polar surface area (TPSA) is 59.0 Å². The molecule has 110 valence electrons. The summed E-state index contributed by atoms with van der Waals surface area (Å²) in [7, 11) is 0. The molecule has 0 aromatic rings. The fraction of sp³-hybridized carbons (Fsp3) is 0.929. The lowest BCUT2D eigenvalue weighted by Gasteiger charge is -2.39. The van der Waals surface area contributed by atoms with E-state index in [2.05, 4.69) is 0 Å². The predicted molar refractivity (Wildman–Crippen MR) is 70.9 cm³/mol. The van der Waals surface area contributed by atoms with Crippen molar-refractivity contribution in [1.82, 2.24) is 4.90 Å². The molecule has 2 bridgehead atoms. The Morgan fingerprint density at radius 2 is 1.84 bits per heavy atom. The molecule has 1 N–H and O–H groups in total. The molecule has 1 amide bonds. The molecule has 2 fully saturated rings. The summed E-state index contributed by atoms with van der Waals surface area (Å²) in [4.78, 5) is 14.1. The third-order valence-corrected chi connectivity index (χ3v) is 3.74. The Hall–Kier alpha value is -0.810. The fourth-order valence-corrected chi connectivity index (χ4v) is 3.10. The average molecular weight is 271 g/mol. The van der Waals surface area contributed by atoms with Crippen molar-refractivity contribution in [3.8, 4) is 0 Å². The van der Waals surface area contributed by atoms with Gasteiger partial charge in [0.1, 0.15) is 5.60 Å². The molecule has 2 aliphatic heterocycles. The lowest BCUT2D eigenvalue weighted by molar-refractivity contribution is -0.0411. The Labute approximate surface area is 114 Å². The molecule has 5 nitrogen and oxygen atoms in total. The number of nitrogens with zero attached hydrogens (tertiary/aromatic N) is 1. The van der Waals surface area contributed by atoms with Crippen molar-refractivity contribution < 1.29 is 19.4 Å². The minimum Gasteiger partial charge on any atom is -0.444 e. The van der Waals surface area contributed by atoms with Crippen LogP contribution in [-0.4, -0.2) is 53.1 Å². The first-order valence-electron chi connectivity index (χ1n) is 7.14. The zero-order valence-electron chi connectivity index (χ0n) is 12.1. The Balaban J connectivity index is 1.93. The number of aliphatic hydroxyl groups excluding tert-OH is 1. The molecule has 0 aromatic carbocycles. The van der Waals surface area contributed by atoms with Gasteiger partial charge in [-0.2, -0.15) is 0 Å². The van der Waals surface area contributed by atoms with Gasteiger partial charge in [0.15, 0.2) is 0 Å². The van der Waals surface area contributed by atoms with Crippen LogP contribution in [0, 0.1) is 0 Å². The maximum absolute atomic E-state index is 12.2. The van der Waals surface area contributed by atoms with Gasteiger partial charge in [-0.3, -0.25) is 0 Å². The van der Waals surface area contributed by atoms with E-state index in [1.807, 2.05) is 25.7 Å². The van der Waals surface area contributed by atoms with Crippen molar-refractivity contribution in [2.45, 2.75) is 70.2 Å². The Morgan fingerprint density at radius 3 is 2.32 bits per heavy atom. The molecule has 0 radical (unpaired) electrons. The second kappa shape index (κ2) is 5.67. The second-order valence-electron chi connectivity index (χ2n) is 6.46. The number of fused-ring (bicyclic) bond motifs is 2. The van der Waals surface area contributed by atoms with Crippen LogP contribution in [0.1, 0.15) is 46.5 Å². The van der Waals surface area contributed by atoms with E-state index in [-0.39, 0.29) is 30.9 Å². The maximum atomic E-state index is 12.2. The molecule has 2 saturated heterocycles. The highest BCUT2D eigenvalue weighted by Gasteiger charge is 2.45. The van der Waals surface area contributed by atoms with Crippen LogP contribution in [0.5, 0.6) is 0 Å². The maximum Gasteiger partial charge on any atom is 0.410 e. The molecule has 0 saturated carbocycles. The molecule has 2 rings (SSSR count). The molecular formula is C14H25NO4. The summed E-state index contributed by atoms with van der Waals surface area (Å²) in [5, 5.41) is 8.80. The van der Waals surface area contributed by atoms with E-state index in [9.17, 15) is 4.79 Å². The molecule has 5 heteroatoms. The second-order valence-corrected chi connectivity index (χ2v) is 6.46. The van der Waals surface area contributed by atoms with Crippen molar-refractivity contribution in [3.63, 3.8) is 0 Å². The zero-order valence-corrected chi connectivity index (χ0v) is 12.1. The SMILES string of the molecule is CC(C)(C)OC(=O)N1C2CC[C@H]1C[C@@H](OCCO)C2. The van der Waals surface area contributed by atoms with Gasteiger partial charge >= 0.3 is 6.09 Å². The van der Waals surface area contributed by atoms with E-state index in [1.165, 1.54) is 0 Å². The number of carbonyl (C=O) groups is 1. The monoisotopic (exact) mass is 271 g/mol.